The highest BCUT2D eigenvalue weighted by Gasteiger charge is 2.19. The molecule has 8 nitrogen and oxygen atoms in total. The number of aromatic hydroxyl groups is 1. The zero-order valence-corrected chi connectivity index (χ0v) is 20.2. The van der Waals surface area contributed by atoms with Gasteiger partial charge < -0.3 is 10.4 Å². The molecule has 0 aliphatic heterocycles. The van der Waals surface area contributed by atoms with Gasteiger partial charge in [-0.15, -0.1) is 10.2 Å². The summed E-state index contributed by atoms with van der Waals surface area (Å²) in [4.78, 5) is 4.21. The van der Waals surface area contributed by atoms with Gasteiger partial charge in [0, 0.05) is 47.0 Å². The van der Waals surface area contributed by atoms with Gasteiger partial charge in [-0.2, -0.15) is 0 Å². The maximum Gasteiger partial charge on any atom is 0.241 e. The van der Waals surface area contributed by atoms with Crippen LogP contribution in [0.15, 0.2) is 96.2 Å². The van der Waals surface area contributed by atoms with Gasteiger partial charge in [-0.3, -0.25) is 4.98 Å². The van der Waals surface area contributed by atoms with Gasteiger partial charge in [0.05, 0.1) is 4.90 Å². The number of nitrogens with zero attached hydrogens (tertiary/aromatic N) is 3. The van der Waals surface area contributed by atoms with Gasteiger partial charge in [0.25, 0.3) is 0 Å². The number of hydrogen-bond donors (Lipinski definition) is 3. The van der Waals surface area contributed by atoms with E-state index >= 15 is 0 Å². The summed E-state index contributed by atoms with van der Waals surface area (Å²) in [7, 11) is -3.79. The quantitative estimate of drug-likeness (QED) is 0.292. The molecule has 2 aromatic heterocycles. The lowest BCUT2D eigenvalue weighted by molar-refractivity contribution is 0.475. The molecule has 0 amide bonds. The van der Waals surface area contributed by atoms with E-state index in [4.69, 9.17) is 0 Å². The number of anilines is 2. The number of aryl methyl sites for hydroxylation is 1. The molecule has 5 rings (SSSR count). The van der Waals surface area contributed by atoms with Crippen molar-refractivity contribution in [3.05, 3.63) is 102 Å². The van der Waals surface area contributed by atoms with Crippen molar-refractivity contribution in [2.75, 3.05) is 5.32 Å². The molecule has 3 aromatic carbocycles. The first kappa shape index (κ1) is 23.4. The van der Waals surface area contributed by atoms with Crippen LogP contribution in [-0.4, -0.2) is 28.7 Å². The summed E-state index contributed by atoms with van der Waals surface area (Å²) >= 11 is 0. The van der Waals surface area contributed by atoms with E-state index < -0.39 is 10.0 Å². The normalized spacial score (nSPS) is 11.5. The number of benzene rings is 3. The molecule has 0 radical (unpaired) electrons. The first-order valence-corrected chi connectivity index (χ1v) is 12.7. The Morgan fingerprint density at radius 2 is 1.72 bits per heavy atom. The van der Waals surface area contributed by atoms with Crippen LogP contribution in [0, 0.1) is 6.92 Å². The lowest BCUT2D eigenvalue weighted by atomic mass is 10.0. The van der Waals surface area contributed by atoms with E-state index in [1.54, 1.807) is 55.7 Å². The molecule has 5 aromatic rings. The van der Waals surface area contributed by atoms with Crippen molar-refractivity contribution < 1.29 is 13.5 Å². The second-order valence-corrected chi connectivity index (χ2v) is 10.0. The average molecular weight is 498 g/mol. The maximum absolute atomic E-state index is 13.2. The summed E-state index contributed by atoms with van der Waals surface area (Å²) in [5.74, 6) is 0.664. The summed E-state index contributed by atoms with van der Waals surface area (Å²) in [6, 6.07) is 23.2. The highest BCUT2D eigenvalue weighted by Crippen LogP contribution is 2.33. The van der Waals surface area contributed by atoms with E-state index in [0.717, 1.165) is 16.3 Å². The smallest absolute Gasteiger partial charge is 0.241 e. The van der Waals surface area contributed by atoms with Crippen molar-refractivity contribution in [1.82, 2.24) is 19.9 Å². The number of pyridine rings is 1. The van der Waals surface area contributed by atoms with Gasteiger partial charge in [0.2, 0.25) is 10.0 Å². The second-order valence-electron chi connectivity index (χ2n) is 8.28. The Balaban J connectivity index is 1.52. The third-order valence-electron chi connectivity index (χ3n) is 5.74. The van der Waals surface area contributed by atoms with Crippen LogP contribution >= 0.6 is 0 Å². The topological polar surface area (TPSA) is 117 Å². The Hall–Kier alpha value is -4.34. The molecule has 0 saturated carbocycles. The lowest BCUT2D eigenvalue weighted by Gasteiger charge is -2.14. The molecule has 0 atom stereocenters. The van der Waals surface area contributed by atoms with Crippen molar-refractivity contribution in [2.24, 2.45) is 0 Å². The summed E-state index contributed by atoms with van der Waals surface area (Å²) in [5, 5.41) is 23.4. The van der Waals surface area contributed by atoms with E-state index in [9.17, 15) is 13.5 Å². The number of hydrogen-bond acceptors (Lipinski definition) is 7. The molecule has 0 aliphatic carbocycles. The van der Waals surface area contributed by atoms with Gasteiger partial charge in [-0.05, 0) is 42.3 Å². The predicted molar refractivity (Wildman–Crippen MR) is 139 cm³/mol. The van der Waals surface area contributed by atoms with Crippen molar-refractivity contribution in [3.63, 3.8) is 0 Å². The Kier molecular flexibility index (Phi) is 6.32. The number of nitrogens with one attached hydrogen (secondary N) is 2. The first-order valence-electron chi connectivity index (χ1n) is 11.2. The van der Waals surface area contributed by atoms with Gasteiger partial charge in [-0.25, -0.2) is 13.1 Å². The number of fused-ring (bicyclic) bond motifs is 1. The molecule has 0 saturated heterocycles. The van der Waals surface area contributed by atoms with Crippen molar-refractivity contribution in [2.45, 2.75) is 18.4 Å². The molecule has 9 heteroatoms. The Labute approximate surface area is 208 Å². The molecular formula is C27H23N5O3S. The van der Waals surface area contributed by atoms with Crippen molar-refractivity contribution in [3.8, 4) is 17.0 Å². The average Bonchev–Trinajstić information content (AvgIpc) is 2.89. The Bertz CT molecular complexity index is 1660. The predicted octanol–water partition coefficient (Wildman–Crippen LogP) is 4.93. The monoisotopic (exact) mass is 497 g/mol. The fourth-order valence-electron chi connectivity index (χ4n) is 3.93. The molecule has 0 unspecified atom stereocenters. The van der Waals surface area contributed by atoms with Crippen LogP contribution in [-0.2, 0) is 16.6 Å². The van der Waals surface area contributed by atoms with Gasteiger partial charge in [-0.1, -0.05) is 48.5 Å². The number of rotatable bonds is 7. The molecule has 0 aliphatic rings. The second kappa shape index (κ2) is 9.73. The Morgan fingerprint density at radius 3 is 2.50 bits per heavy atom. The zero-order valence-electron chi connectivity index (χ0n) is 19.4. The van der Waals surface area contributed by atoms with Crippen LogP contribution in [0.4, 0.5) is 11.5 Å². The van der Waals surface area contributed by atoms with E-state index in [1.807, 2.05) is 42.5 Å². The van der Waals surface area contributed by atoms with E-state index in [-0.39, 0.29) is 17.2 Å². The van der Waals surface area contributed by atoms with Crippen LogP contribution in [0.25, 0.3) is 22.0 Å². The Morgan fingerprint density at radius 1 is 0.889 bits per heavy atom. The van der Waals surface area contributed by atoms with Crippen molar-refractivity contribution in [1.29, 1.82) is 0 Å². The minimum Gasteiger partial charge on any atom is -0.508 e. The zero-order chi connectivity index (χ0) is 25.1. The number of sulfonamides is 1. The van der Waals surface area contributed by atoms with Crippen LogP contribution in [0.5, 0.6) is 5.75 Å². The molecule has 180 valence electrons. The number of phenols is 1. The summed E-state index contributed by atoms with van der Waals surface area (Å²) < 4.78 is 29.0. The fourth-order valence-corrected chi connectivity index (χ4v) is 5.21. The van der Waals surface area contributed by atoms with Crippen LogP contribution in [0.2, 0.25) is 0 Å². The minimum atomic E-state index is -3.79. The summed E-state index contributed by atoms with van der Waals surface area (Å²) in [6.45, 7) is 1.90. The number of aromatic nitrogens is 3. The summed E-state index contributed by atoms with van der Waals surface area (Å²) in [5.41, 5.74) is 3.26. The third kappa shape index (κ3) is 4.88. The van der Waals surface area contributed by atoms with Crippen LogP contribution in [0.3, 0.4) is 0 Å². The molecule has 0 fully saturated rings. The fraction of sp³-hybridized carbons (Fsp3) is 0.0741. The largest absolute Gasteiger partial charge is 0.508 e. The molecule has 36 heavy (non-hydrogen) atoms. The van der Waals surface area contributed by atoms with Crippen LogP contribution < -0.4 is 10.0 Å². The van der Waals surface area contributed by atoms with Gasteiger partial charge in [0.1, 0.15) is 11.4 Å². The lowest BCUT2D eigenvalue weighted by Crippen LogP contribution is -2.24. The maximum atomic E-state index is 13.2. The molecule has 3 N–H and O–H groups in total. The van der Waals surface area contributed by atoms with Crippen molar-refractivity contribution >= 4 is 32.3 Å². The number of phenolic OH excluding ortho intramolecular Hbond substituents is 1. The highest BCUT2D eigenvalue weighted by atomic mass is 32.2. The molecular weight excluding hydrogens is 474 g/mol. The first-order chi connectivity index (χ1) is 17.4. The SMILES string of the molecule is Cc1ccc(-c2nnc(Nc3cccc(O)c3)c3ccccc23)cc1S(=O)(=O)NCc1cccnc1. The minimum absolute atomic E-state index is 0.137. The molecule has 0 spiro atoms. The standard InChI is InChI=1S/C27H23N5O3S/c1-18-11-12-20(14-25(18)36(34,35)29-17-19-6-5-13-28-16-19)26-23-9-2-3-10-24(23)27(32-31-26)30-21-7-4-8-22(33)15-21/h2-16,29,33H,17H2,1H3,(H,30,32). The highest BCUT2D eigenvalue weighted by molar-refractivity contribution is 7.89. The van der Waals surface area contributed by atoms with Gasteiger partial charge >= 0.3 is 0 Å². The third-order valence-corrected chi connectivity index (χ3v) is 7.28. The van der Waals surface area contributed by atoms with Gasteiger partial charge in [0.15, 0.2) is 5.82 Å². The molecule has 2 heterocycles. The van der Waals surface area contributed by atoms with E-state index in [1.165, 1.54) is 0 Å². The summed E-state index contributed by atoms with van der Waals surface area (Å²) in [6.07, 6.45) is 3.27. The van der Waals surface area contributed by atoms with E-state index in [0.29, 0.717) is 28.3 Å². The van der Waals surface area contributed by atoms with Crippen LogP contribution in [0.1, 0.15) is 11.1 Å². The van der Waals surface area contributed by atoms with E-state index in [2.05, 4.69) is 25.2 Å². The molecule has 0 bridgehead atoms.